The van der Waals surface area contributed by atoms with E-state index in [1.54, 1.807) is 30.5 Å². The summed E-state index contributed by atoms with van der Waals surface area (Å²) < 4.78 is 11.0. The topological polar surface area (TPSA) is 127 Å². The smallest absolute Gasteiger partial charge is 0.294 e. The highest BCUT2D eigenvalue weighted by Gasteiger charge is 2.34. The Morgan fingerprint density at radius 2 is 1.91 bits per heavy atom. The third-order valence-electron chi connectivity index (χ3n) is 6.40. The summed E-state index contributed by atoms with van der Waals surface area (Å²) in [6, 6.07) is 6.67. The van der Waals surface area contributed by atoms with Gasteiger partial charge in [-0.05, 0) is 49.9 Å². The van der Waals surface area contributed by atoms with Gasteiger partial charge in [-0.2, -0.15) is 0 Å². The van der Waals surface area contributed by atoms with Crippen LogP contribution in [0.5, 0.6) is 0 Å². The van der Waals surface area contributed by atoms with E-state index in [1.165, 1.54) is 6.20 Å². The van der Waals surface area contributed by atoms with Crippen LogP contribution < -0.4 is 10.6 Å². The van der Waals surface area contributed by atoms with Crippen molar-refractivity contribution in [1.82, 2.24) is 14.9 Å². The largest absolute Gasteiger partial charge is 0.447 e. The number of nitrogens with one attached hydrogen (secondary N) is 2. The van der Waals surface area contributed by atoms with Gasteiger partial charge in [0.25, 0.3) is 5.91 Å². The summed E-state index contributed by atoms with van der Waals surface area (Å²) in [5.74, 6) is -0.778. The zero-order chi connectivity index (χ0) is 24.4. The van der Waals surface area contributed by atoms with Gasteiger partial charge in [-0.25, -0.2) is 4.98 Å². The van der Waals surface area contributed by atoms with E-state index >= 15 is 0 Å². The number of pyridine rings is 2. The van der Waals surface area contributed by atoms with E-state index in [0.29, 0.717) is 47.9 Å². The van der Waals surface area contributed by atoms with Crippen molar-refractivity contribution in [2.75, 3.05) is 30.4 Å². The lowest BCUT2D eigenvalue weighted by atomic mass is 9.84. The van der Waals surface area contributed by atoms with Crippen molar-refractivity contribution in [2.45, 2.75) is 31.7 Å². The van der Waals surface area contributed by atoms with E-state index in [4.69, 9.17) is 20.8 Å². The van der Waals surface area contributed by atoms with Crippen LogP contribution in [0.25, 0.3) is 11.1 Å². The second-order valence-corrected chi connectivity index (χ2v) is 9.04. The molecule has 3 aromatic rings. The molecule has 0 radical (unpaired) electrons. The molecule has 1 aliphatic heterocycles. The number of carbonyl (C=O) groups is 3. The Morgan fingerprint density at radius 3 is 2.66 bits per heavy atom. The first-order valence-corrected chi connectivity index (χ1v) is 11.9. The Balaban J connectivity index is 1.30. The molecule has 2 N–H and O–H groups in total. The predicted octanol–water partition coefficient (Wildman–Crippen LogP) is 3.48. The maximum Gasteiger partial charge on any atom is 0.294 e. The van der Waals surface area contributed by atoms with Gasteiger partial charge in [0.15, 0.2) is 5.58 Å². The second kappa shape index (κ2) is 10.0. The van der Waals surface area contributed by atoms with Crippen LogP contribution in [0.4, 0.5) is 11.5 Å². The van der Waals surface area contributed by atoms with Crippen LogP contribution in [-0.2, 0) is 14.3 Å². The monoisotopic (exact) mass is 497 g/mol. The molecule has 0 atom stereocenters. The standard InChI is InChI=1S/C24H24ClN5O5/c25-15-5-8-18(27-12-15)28-24(33)22-21(20-17(35-22)2-1-9-26-20)29-23(32)14-3-6-16(7-4-14)30-10-11-34-13-19(30)31/h1-2,5,8-9,12,14,16H,3-4,6-7,10-11,13H2,(H,29,32)(H,27,28,33)/t14-,16-. The number of aromatic nitrogens is 2. The average molecular weight is 498 g/mol. The van der Waals surface area contributed by atoms with Crippen LogP contribution in [0.3, 0.4) is 0 Å². The number of halogens is 1. The lowest BCUT2D eigenvalue weighted by Crippen LogP contribution is -2.49. The lowest BCUT2D eigenvalue weighted by Gasteiger charge is -2.38. The molecule has 35 heavy (non-hydrogen) atoms. The summed E-state index contributed by atoms with van der Waals surface area (Å²) in [6.07, 6.45) is 5.75. The number of ether oxygens (including phenoxy) is 1. The van der Waals surface area contributed by atoms with Gasteiger partial charge in [-0.1, -0.05) is 11.6 Å². The number of hydrogen-bond donors (Lipinski definition) is 2. The van der Waals surface area contributed by atoms with Crippen molar-refractivity contribution >= 4 is 51.9 Å². The zero-order valence-corrected chi connectivity index (χ0v) is 19.6. The molecule has 1 aliphatic carbocycles. The summed E-state index contributed by atoms with van der Waals surface area (Å²) in [4.78, 5) is 48.6. The molecule has 0 unspecified atom stereocenters. The molecule has 0 aromatic carbocycles. The fourth-order valence-electron chi connectivity index (χ4n) is 4.62. The maximum absolute atomic E-state index is 13.2. The third kappa shape index (κ3) is 4.98. The molecule has 1 saturated carbocycles. The molecule has 4 heterocycles. The van der Waals surface area contributed by atoms with E-state index in [0.717, 1.165) is 12.8 Å². The molecule has 182 valence electrons. The highest BCUT2D eigenvalue weighted by Crippen LogP contribution is 2.33. The number of fused-ring (bicyclic) bond motifs is 1. The fourth-order valence-corrected chi connectivity index (χ4v) is 4.73. The predicted molar refractivity (Wildman–Crippen MR) is 128 cm³/mol. The summed E-state index contributed by atoms with van der Waals surface area (Å²) in [6.45, 7) is 1.26. The first-order chi connectivity index (χ1) is 17.0. The Bertz CT molecular complexity index is 1250. The molecule has 11 heteroatoms. The molecule has 3 amide bonds. The van der Waals surface area contributed by atoms with Crippen LogP contribution in [0.15, 0.2) is 41.1 Å². The highest BCUT2D eigenvalue weighted by molar-refractivity contribution is 6.30. The minimum absolute atomic E-state index is 0.00549. The van der Waals surface area contributed by atoms with Crippen LogP contribution >= 0.6 is 11.6 Å². The normalized spacial score (nSPS) is 20.6. The summed E-state index contributed by atoms with van der Waals surface area (Å²) in [5, 5.41) is 5.98. The van der Waals surface area contributed by atoms with Gasteiger partial charge in [0.1, 0.15) is 23.6 Å². The molecule has 2 fully saturated rings. The van der Waals surface area contributed by atoms with E-state index in [1.807, 2.05) is 4.90 Å². The first kappa shape index (κ1) is 23.3. The molecular weight excluding hydrogens is 474 g/mol. The molecule has 2 aliphatic rings. The van der Waals surface area contributed by atoms with Gasteiger partial charge in [-0.15, -0.1) is 0 Å². The number of amides is 3. The zero-order valence-electron chi connectivity index (χ0n) is 18.8. The number of anilines is 2. The van der Waals surface area contributed by atoms with E-state index in [-0.39, 0.29) is 41.8 Å². The molecule has 3 aromatic heterocycles. The third-order valence-corrected chi connectivity index (χ3v) is 6.62. The minimum Gasteiger partial charge on any atom is -0.447 e. The average Bonchev–Trinajstić information content (AvgIpc) is 3.24. The second-order valence-electron chi connectivity index (χ2n) is 8.61. The molecule has 5 rings (SSSR count). The minimum atomic E-state index is -0.567. The van der Waals surface area contributed by atoms with Crippen molar-refractivity contribution < 1.29 is 23.5 Å². The molecule has 0 bridgehead atoms. The van der Waals surface area contributed by atoms with Gasteiger partial charge in [0, 0.05) is 30.9 Å². The quantitative estimate of drug-likeness (QED) is 0.552. The Kier molecular flexibility index (Phi) is 6.65. The van der Waals surface area contributed by atoms with Crippen LogP contribution in [0.2, 0.25) is 5.02 Å². The van der Waals surface area contributed by atoms with Crippen LogP contribution in [-0.4, -0.2) is 58.4 Å². The number of nitrogens with zero attached hydrogens (tertiary/aromatic N) is 3. The number of carbonyl (C=O) groups excluding carboxylic acids is 3. The maximum atomic E-state index is 13.2. The molecule has 0 spiro atoms. The van der Waals surface area contributed by atoms with Crippen molar-refractivity contribution in [1.29, 1.82) is 0 Å². The van der Waals surface area contributed by atoms with Crippen molar-refractivity contribution in [3.05, 3.63) is 47.4 Å². The van der Waals surface area contributed by atoms with E-state index in [2.05, 4.69) is 20.6 Å². The fraction of sp³-hybridized carbons (Fsp3) is 0.375. The number of furan rings is 1. The SMILES string of the molecule is O=C(Nc1ccc(Cl)cn1)c1oc2cccnc2c1NC(=O)[C@H]1CC[C@H](N2CCOCC2=O)CC1. The van der Waals surface area contributed by atoms with Crippen LogP contribution in [0.1, 0.15) is 36.2 Å². The summed E-state index contributed by atoms with van der Waals surface area (Å²) in [5.41, 5.74) is 0.997. The van der Waals surface area contributed by atoms with Gasteiger partial charge < -0.3 is 24.7 Å². The van der Waals surface area contributed by atoms with Gasteiger partial charge >= 0.3 is 0 Å². The van der Waals surface area contributed by atoms with Crippen molar-refractivity contribution in [3.8, 4) is 0 Å². The van der Waals surface area contributed by atoms with Gasteiger partial charge in [0.05, 0.1) is 11.6 Å². The number of hydrogen-bond acceptors (Lipinski definition) is 7. The van der Waals surface area contributed by atoms with E-state index in [9.17, 15) is 14.4 Å². The number of morpholine rings is 1. The summed E-state index contributed by atoms with van der Waals surface area (Å²) in [7, 11) is 0. The van der Waals surface area contributed by atoms with Crippen molar-refractivity contribution in [3.63, 3.8) is 0 Å². The Morgan fingerprint density at radius 1 is 1.09 bits per heavy atom. The van der Waals surface area contributed by atoms with Crippen molar-refractivity contribution in [2.24, 2.45) is 5.92 Å². The van der Waals surface area contributed by atoms with Gasteiger partial charge in [-0.3, -0.25) is 19.4 Å². The molecule has 1 saturated heterocycles. The number of rotatable bonds is 5. The Labute approximate surface area is 206 Å². The first-order valence-electron chi connectivity index (χ1n) is 11.5. The van der Waals surface area contributed by atoms with Crippen LogP contribution in [0, 0.1) is 5.92 Å². The van der Waals surface area contributed by atoms with E-state index < -0.39 is 5.91 Å². The summed E-state index contributed by atoms with van der Waals surface area (Å²) >= 11 is 5.86. The van der Waals surface area contributed by atoms with Gasteiger partial charge in [0.2, 0.25) is 17.6 Å². The Hall–Kier alpha value is -3.50. The molecule has 10 nitrogen and oxygen atoms in total. The highest BCUT2D eigenvalue weighted by atomic mass is 35.5. The molecular formula is C24H24ClN5O5. The lowest BCUT2D eigenvalue weighted by molar-refractivity contribution is -0.146.